The molecule has 1 aliphatic carbocycles. The Balaban J connectivity index is 0.00000384. The average Bonchev–Trinajstić information content (AvgIpc) is 3.39. The van der Waals surface area contributed by atoms with Crippen molar-refractivity contribution in [3.63, 3.8) is 0 Å². The molecule has 4 aliphatic heterocycles. The van der Waals surface area contributed by atoms with Crippen molar-refractivity contribution in [2.24, 2.45) is 5.92 Å². The van der Waals surface area contributed by atoms with Crippen molar-refractivity contribution in [3.05, 3.63) is 35.9 Å². The summed E-state index contributed by atoms with van der Waals surface area (Å²) in [5.41, 5.74) is 0.920. The lowest BCUT2D eigenvalue weighted by molar-refractivity contribution is -0.130. The highest BCUT2D eigenvalue weighted by Crippen LogP contribution is 2.48. The number of piperidine rings is 1. The molecule has 4 atom stereocenters. The van der Waals surface area contributed by atoms with Gasteiger partial charge >= 0.3 is 6.03 Å². The molecule has 5 fully saturated rings. The van der Waals surface area contributed by atoms with E-state index in [1.54, 1.807) is 0 Å². The summed E-state index contributed by atoms with van der Waals surface area (Å²) in [6, 6.07) is 11.0. The largest absolute Gasteiger partial charge is 0.376 e. The van der Waals surface area contributed by atoms with Crippen LogP contribution in [0.4, 0.5) is 13.6 Å². The minimum absolute atomic E-state index is 0. The first-order chi connectivity index (χ1) is 20.6. The van der Waals surface area contributed by atoms with E-state index in [-0.39, 0.29) is 79.7 Å². The van der Waals surface area contributed by atoms with Crippen molar-refractivity contribution < 1.29 is 23.1 Å². The fraction of sp³-hybridized carbons (Fsp3) is 0.765. The molecule has 3 unspecified atom stereocenters. The second kappa shape index (κ2) is 13.8. The van der Waals surface area contributed by atoms with Gasteiger partial charge in [-0.2, -0.15) is 0 Å². The lowest BCUT2D eigenvalue weighted by Gasteiger charge is -2.49. The Morgan fingerprint density at radius 1 is 1.02 bits per heavy atom. The Morgan fingerprint density at radius 3 is 2.32 bits per heavy atom. The summed E-state index contributed by atoms with van der Waals surface area (Å²) in [6.07, 6.45) is 8.54. The summed E-state index contributed by atoms with van der Waals surface area (Å²) >= 11 is 0. The number of carbonyl (C=O) groups excluding carboxylic acids is 2. The molecule has 6 rings (SSSR count). The SMILES string of the molecule is CC(C)N1C(=O)N(CC2CCCCO2)CC12CC1CCC(C2)N1CC[C@H](NC(=O)C1CCC(F)(F)CC1)c1ccccc1.Cl. The summed E-state index contributed by atoms with van der Waals surface area (Å²) in [6.45, 7) is 7.44. The molecule has 3 amide bonds. The van der Waals surface area contributed by atoms with Gasteiger partial charge in [0, 0.05) is 63.1 Å². The third-order valence-corrected chi connectivity index (χ3v) is 11.0. The van der Waals surface area contributed by atoms with Gasteiger partial charge in [-0.3, -0.25) is 9.69 Å². The first kappa shape index (κ1) is 33.4. The van der Waals surface area contributed by atoms with E-state index in [1.807, 2.05) is 18.2 Å². The van der Waals surface area contributed by atoms with E-state index < -0.39 is 5.92 Å². The Kier molecular flexibility index (Phi) is 10.5. The number of nitrogens with one attached hydrogen (secondary N) is 1. The number of carbonyl (C=O) groups is 2. The van der Waals surface area contributed by atoms with Gasteiger partial charge in [-0.25, -0.2) is 13.6 Å². The van der Waals surface area contributed by atoms with Crippen molar-refractivity contribution >= 4 is 24.3 Å². The fourth-order valence-electron chi connectivity index (χ4n) is 8.95. The number of urea groups is 1. The maximum absolute atomic E-state index is 13.8. The van der Waals surface area contributed by atoms with Crippen molar-refractivity contribution in [1.82, 2.24) is 20.0 Å². The number of amides is 3. The number of alkyl halides is 2. The number of hydrogen-bond acceptors (Lipinski definition) is 4. The topological polar surface area (TPSA) is 65.1 Å². The third-order valence-electron chi connectivity index (χ3n) is 11.0. The molecule has 1 aromatic rings. The van der Waals surface area contributed by atoms with Crippen LogP contribution in [0.2, 0.25) is 0 Å². The van der Waals surface area contributed by atoms with E-state index in [2.05, 4.69) is 46.0 Å². The van der Waals surface area contributed by atoms with E-state index in [1.165, 1.54) is 6.42 Å². The zero-order valence-corrected chi connectivity index (χ0v) is 27.2. The minimum Gasteiger partial charge on any atom is -0.376 e. The predicted molar refractivity (Wildman–Crippen MR) is 169 cm³/mol. The van der Waals surface area contributed by atoms with Gasteiger partial charge in [-0.1, -0.05) is 30.3 Å². The number of nitrogens with zero attached hydrogens (tertiary/aromatic N) is 3. The van der Waals surface area contributed by atoms with Crippen LogP contribution in [0.5, 0.6) is 0 Å². The zero-order chi connectivity index (χ0) is 30.2. The summed E-state index contributed by atoms with van der Waals surface area (Å²) in [5.74, 6) is -3.08. The first-order valence-corrected chi connectivity index (χ1v) is 16.8. The molecule has 44 heavy (non-hydrogen) atoms. The van der Waals surface area contributed by atoms with Crippen LogP contribution in [-0.4, -0.2) is 88.6 Å². The van der Waals surface area contributed by atoms with Crippen molar-refractivity contribution in [2.75, 3.05) is 26.2 Å². The van der Waals surface area contributed by atoms with Crippen LogP contribution in [0.1, 0.15) is 103 Å². The Morgan fingerprint density at radius 2 is 1.70 bits per heavy atom. The lowest BCUT2D eigenvalue weighted by Crippen LogP contribution is -2.60. The highest BCUT2D eigenvalue weighted by Gasteiger charge is 2.58. The smallest absolute Gasteiger partial charge is 0.320 e. The van der Waals surface area contributed by atoms with Gasteiger partial charge in [0.25, 0.3) is 0 Å². The molecule has 7 nitrogen and oxygen atoms in total. The molecule has 2 bridgehead atoms. The summed E-state index contributed by atoms with van der Waals surface area (Å²) in [5, 5.41) is 3.26. The first-order valence-electron chi connectivity index (χ1n) is 16.8. The van der Waals surface area contributed by atoms with Gasteiger partial charge < -0.3 is 19.9 Å². The molecule has 5 aliphatic rings. The number of hydrogen-bond donors (Lipinski definition) is 1. The molecular formula is C34H51ClF2N4O3. The number of rotatable bonds is 9. The predicted octanol–water partition coefficient (Wildman–Crippen LogP) is 6.56. The van der Waals surface area contributed by atoms with Crippen LogP contribution < -0.4 is 5.32 Å². The standard InChI is InChI=1S/C34H50F2N4O3.ClH/c1-24(2)40-32(42)38(22-29-10-6-7-19-43-29)23-33(40)20-27-11-12-28(21-33)39(27)18-15-30(25-8-4-3-5-9-25)37-31(41)26-13-16-34(35,36)17-14-26;/h3-5,8-9,24,26-30H,6-7,10-23H2,1-2H3,(H,37,41);1H/t27?,28?,29?,30-,33?;/m0./s1. The van der Waals surface area contributed by atoms with Crippen LogP contribution in [-0.2, 0) is 9.53 Å². The Labute approximate surface area is 267 Å². The Bertz CT molecular complexity index is 1110. The molecule has 4 heterocycles. The lowest BCUT2D eigenvalue weighted by atomic mass is 9.81. The highest BCUT2D eigenvalue weighted by atomic mass is 35.5. The molecule has 0 radical (unpaired) electrons. The number of fused-ring (bicyclic) bond motifs is 2. The van der Waals surface area contributed by atoms with Crippen LogP contribution >= 0.6 is 12.4 Å². The minimum atomic E-state index is -2.64. The summed E-state index contributed by atoms with van der Waals surface area (Å²) in [7, 11) is 0. The number of benzene rings is 1. The van der Waals surface area contributed by atoms with E-state index in [0.717, 1.165) is 70.2 Å². The molecule has 10 heteroatoms. The van der Waals surface area contributed by atoms with Gasteiger partial charge in [-0.15, -0.1) is 12.4 Å². The van der Waals surface area contributed by atoms with Crippen molar-refractivity contribution in [1.29, 1.82) is 0 Å². The summed E-state index contributed by atoms with van der Waals surface area (Å²) in [4.78, 5) is 33.9. The Hall–Kier alpha value is -1.97. The monoisotopic (exact) mass is 636 g/mol. The highest BCUT2D eigenvalue weighted by molar-refractivity contribution is 5.85. The number of halogens is 3. The second-order valence-corrected chi connectivity index (χ2v) is 14.3. The molecule has 1 aromatic carbocycles. The molecule has 1 N–H and O–H groups in total. The van der Waals surface area contributed by atoms with Crippen LogP contribution in [0.15, 0.2) is 30.3 Å². The summed E-state index contributed by atoms with van der Waals surface area (Å²) < 4.78 is 33.5. The second-order valence-electron chi connectivity index (χ2n) is 14.3. The van der Waals surface area contributed by atoms with Gasteiger partial charge in [0.2, 0.25) is 11.8 Å². The molecule has 246 valence electrons. The molecule has 0 aromatic heterocycles. The zero-order valence-electron chi connectivity index (χ0n) is 26.4. The van der Waals surface area contributed by atoms with E-state index in [9.17, 15) is 18.4 Å². The van der Waals surface area contributed by atoms with Gasteiger partial charge in [-0.05, 0) is 83.6 Å². The van der Waals surface area contributed by atoms with Gasteiger partial charge in [0.05, 0.1) is 17.7 Å². The van der Waals surface area contributed by atoms with Crippen molar-refractivity contribution in [2.45, 2.75) is 133 Å². The molecule has 1 spiro atoms. The van der Waals surface area contributed by atoms with E-state index in [4.69, 9.17) is 4.74 Å². The van der Waals surface area contributed by atoms with E-state index in [0.29, 0.717) is 18.6 Å². The number of ether oxygens (including phenoxy) is 1. The maximum atomic E-state index is 13.8. The molecule has 1 saturated carbocycles. The fourth-order valence-corrected chi connectivity index (χ4v) is 8.95. The van der Waals surface area contributed by atoms with Crippen LogP contribution in [0.3, 0.4) is 0 Å². The van der Waals surface area contributed by atoms with E-state index >= 15 is 0 Å². The van der Waals surface area contributed by atoms with Gasteiger partial charge in [0.1, 0.15) is 0 Å². The molecule has 4 saturated heterocycles. The normalized spacial score (nSPS) is 31.4. The third kappa shape index (κ3) is 7.05. The maximum Gasteiger partial charge on any atom is 0.320 e. The van der Waals surface area contributed by atoms with Crippen LogP contribution in [0, 0.1) is 5.92 Å². The van der Waals surface area contributed by atoms with Crippen molar-refractivity contribution in [3.8, 4) is 0 Å². The molecular weight excluding hydrogens is 586 g/mol. The average molecular weight is 637 g/mol. The van der Waals surface area contributed by atoms with Crippen LogP contribution in [0.25, 0.3) is 0 Å². The quantitative estimate of drug-likeness (QED) is 0.333. The van der Waals surface area contributed by atoms with Gasteiger partial charge in [0.15, 0.2) is 0 Å².